The Labute approximate surface area is 107 Å². The van der Waals surface area contributed by atoms with Crippen molar-refractivity contribution in [2.75, 3.05) is 20.1 Å². The van der Waals surface area contributed by atoms with Gasteiger partial charge in [-0.25, -0.2) is 0 Å². The highest BCUT2D eigenvalue weighted by atomic mass is 35.5. The number of unbranched alkanes of at least 4 members (excludes halogenated alkanes) is 1. The molecule has 0 saturated carbocycles. The average Bonchev–Trinajstić information content (AvgIpc) is 2.38. The van der Waals surface area contributed by atoms with E-state index in [2.05, 4.69) is 0 Å². The highest BCUT2D eigenvalue weighted by Crippen LogP contribution is 2.23. The van der Waals surface area contributed by atoms with Crippen molar-refractivity contribution in [2.24, 2.45) is 0 Å². The van der Waals surface area contributed by atoms with Crippen LogP contribution in [0.2, 0.25) is 0 Å². The monoisotopic (exact) mass is 256 g/mol. The van der Waals surface area contributed by atoms with Gasteiger partial charge in [0.1, 0.15) is 11.5 Å². The van der Waals surface area contributed by atoms with Crippen LogP contribution in [0.25, 0.3) is 0 Å². The van der Waals surface area contributed by atoms with Crippen molar-refractivity contribution in [1.82, 2.24) is 0 Å². The van der Waals surface area contributed by atoms with Gasteiger partial charge in [-0.15, -0.1) is 11.6 Å². The second-order valence-electron chi connectivity index (χ2n) is 3.67. The maximum absolute atomic E-state index is 11.9. The highest BCUT2D eigenvalue weighted by Gasteiger charge is 2.09. The third kappa shape index (κ3) is 4.27. The Morgan fingerprint density at radius 3 is 2.18 bits per heavy atom. The van der Waals surface area contributed by atoms with E-state index in [1.807, 2.05) is 0 Å². The van der Waals surface area contributed by atoms with Gasteiger partial charge in [0.25, 0.3) is 0 Å². The minimum absolute atomic E-state index is 0.0901. The minimum Gasteiger partial charge on any atom is -0.497 e. The Morgan fingerprint density at radius 1 is 1.12 bits per heavy atom. The fourth-order valence-corrected chi connectivity index (χ4v) is 1.68. The van der Waals surface area contributed by atoms with Crippen LogP contribution >= 0.6 is 11.6 Å². The Balaban J connectivity index is 2.77. The second kappa shape index (κ2) is 7.17. The molecule has 0 radical (unpaired) electrons. The molecule has 0 amide bonds. The maximum atomic E-state index is 11.9. The van der Waals surface area contributed by atoms with Gasteiger partial charge in [-0.3, -0.25) is 4.79 Å². The maximum Gasteiger partial charge on any atom is 0.163 e. The zero-order chi connectivity index (χ0) is 12.7. The lowest BCUT2D eigenvalue weighted by atomic mass is 10.1. The van der Waals surface area contributed by atoms with E-state index in [1.165, 1.54) is 0 Å². The largest absolute Gasteiger partial charge is 0.497 e. The summed E-state index contributed by atoms with van der Waals surface area (Å²) < 4.78 is 10.2. The molecule has 1 rings (SSSR count). The third-order valence-corrected chi connectivity index (χ3v) is 2.73. The Morgan fingerprint density at radius 2 is 1.71 bits per heavy atom. The van der Waals surface area contributed by atoms with Gasteiger partial charge >= 0.3 is 0 Å². The molecule has 1 aromatic rings. The molecule has 0 aliphatic heterocycles. The van der Waals surface area contributed by atoms with E-state index in [0.717, 1.165) is 12.8 Å². The van der Waals surface area contributed by atoms with Crippen molar-refractivity contribution in [1.29, 1.82) is 0 Å². The quantitative estimate of drug-likeness (QED) is 0.427. The first kappa shape index (κ1) is 13.8. The molecule has 0 bridgehead atoms. The van der Waals surface area contributed by atoms with Crippen LogP contribution in [0.4, 0.5) is 0 Å². The van der Waals surface area contributed by atoms with E-state index < -0.39 is 0 Å². The van der Waals surface area contributed by atoms with Crippen LogP contribution in [0.3, 0.4) is 0 Å². The van der Waals surface area contributed by atoms with Crippen LogP contribution in [0, 0.1) is 0 Å². The second-order valence-corrected chi connectivity index (χ2v) is 4.05. The summed E-state index contributed by atoms with van der Waals surface area (Å²) in [6.07, 6.45) is 2.17. The number of ether oxygens (including phenoxy) is 2. The number of hydrogen-bond donors (Lipinski definition) is 0. The lowest BCUT2D eigenvalue weighted by Crippen LogP contribution is -2.00. The first-order valence-corrected chi connectivity index (χ1v) is 6.07. The van der Waals surface area contributed by atoms with Gasteiger partial charge in [0.2, 0.25) is 0 Å². The summed E-state index contributed by atoms with van der Waals surface area (Å²) in [6, 6.07) is 5.20. The van der Waals surface area contributed by atoms with E-state index in [9.17, 15) is 4.79 Å². The molecule has 3 nitrogen and oxygen atoms in total. The summed E-state index contributed by atoms with van der Waals surface area (Å²) in [5.41, 5.74) is 0.621. The number of methoxy groups -OCH3 is 2. The SMILES string of the molecule is COc1cc(OC)cc(C(=O)CCCCCl)c1. The molecule has 0 fully saturated rings. The summed E-state index contributed by atoms with van der Waals surface area (Å²) in [5.74, 6) is 1.94. The summed E-state index contributed by atoms with van der Waals surface area (Å²) in [7, 11) is 3.13. The van der Waals surface area contributed by atoms with Gasteiger partial charge in [0.05, 0.1) is 14.2 Å². The predicted molar refractivity (Wildman–Crippen MR) is 68.4 cm³/mol. The van der Waals surface area contributed by atoms with Crippen LogP contribution in [0.5, 0.6) is 11.5 Å². The van der Waals surface area contributed by atoms with Gasteiger partial charge in [-0.05, 0) is 25.0 Å². The lowest BCUT2D eigenvalue weighted by Gasteiger charge is -2.07. The normalized spacial score (nSPS) is 10.1. The molecule has 0 heterocycles. The number of Topliss-reactive ketones (excluding diaryl/α,β-unsaturated/α-hetero) is 1. The average molecular weight is 257 g/mol. The summed E-state index contributed by atoms with van der Waals surface area (Å²) in [4.78, 5) is 11.9. The number of carbonyl (C=O) groups is 1. The van der Waals surface area contributed by atoms with E-state index >= 15 is 0 Å². The number of alkyl halides is 1. The predicted octanol–water partition coefficient (Wildman–Crippen LogP) is 3.30. The van der Waals surface area contributed by atoms with Gasteiger partial charge in [0.15, 0.2) is 5.78 Å². The van der Waals surface area contributed by atoms with Crippen LogP contribution in [-0.2, 0) is 0 Å². The van der Waals surface area contributed by atoms with E-state index in [-0.39, 0.29) is 5.78 Å². The number of rotatable bonds is 7. The molecule has 0 atom stereocenters. The molecule has 94 valence electrons. The fraction of sp³-hybridized carbons (Fsp3) is 0.462. The molecule has 0 unspecified atom stereocenters. The summed E-state index contributed by atoms with van der Waals surface area (Å²) in [5, 5.41) is 0. The molecule has 0 saturated heterocycles. The van der Waals surface area contributed by atoms with Crippen molar-refractivity contribution in [2.45, 2.75) is 19.3 Å². The number of benzene rings is 1. The molecule has 1 aromatic carbocycles. The number of ketones is 1. The fourth-order valence-electron chi connectivity index (χ4n) is 1.49. The van der Waals surface area contributed by atoms with E-state index in [0.29, 0.717) is 29.4 Å². The zero-order valence-corrected chi connectivity index (χ0v) is 10.9. The Kier molecular flexibility index (Phi) is 5.84. The molecular formula is C13H17ClO3. The molecule has 17 heavy (non-hydrogen) atoms. The smallest absolute Gasteiger partial charge is 0.163 e. The highest BCUT2D eigenvalue weighted by molar-refractivity contribution is 6.17. The van der Waals surface area contributed by atoms with Crippen molar-refractivity contribution in [3.05, 3.63) is 23.8 Å². The first-order chi connectivity index (χ1) is 8.21. The van der Waals surface area contributed by atoms with Crippen LogP contribution in [0.15, 0.2) is 18.2 Å². The zero-order valence-electron chi connectivity index (χ0n) is 10.2. The standard InChI is InChI=1S/C13H17ClO3/c1-16-11-7-10(8-12(9-11)17-2)13(15)5-3-4-6-14/h7-9H,3-6H2,1-2H3. The van der Waals surface area contributed by atoms with Crippen LogP contribution in [0.1, 0.15) is 29.6 Å². The molecule has 4 heteroatoms. The van der Waals surface area contributed by atoms with Gasteiger partial charge in [-0.1, -0.05) is 0 Å². The Hall–Kier alpha value is -1.22. The van der Waals surface area contributed by atoms with Crippen molar-refractivity contribution < 1.29 is 14.3 Å². The van der Waals surface area contributed by atoms with Crippen molar-refractivity contribution in [3.63, 3.8) is 0 Å². The van der Waals surface area contributed by atoms with Crippen molar-refractivity contribution >= 4 is 17.4 Å². The summed E-state index contributed by atoms with van der Waals surface area (Å²) in [6.45, 7) is 0. The first-order valence-electron chi connectivity index (χ1n) is 5.53. The molecule has 0 N–H and O–H groups in total. The molecule has 0 aromatic heterocycles. The third-order valence-electron chi connectivity index (χ3n) is 2.46. The minimum atomic E-state index is 0.0901. The number of carbonyl (C=O) groups excluding carboxylic acids is 1. The van der Waals surface area contributed by atoms with E-state index in [4.69, 9.17) is 21.1 Å². The van der Waals surface area contributed by atoms with Gasteiger partial charge < -0.3 is 9.47 Å². The lowest BCUT2D eigenvalue weighted by molar-refractivity contribution is 0.0979. The number of hydrogen-bond acceptors (Lipinski definition) is 3. The number of halogens is 1. The van der Waals surface area contributed by atoms with Crippen molar-refractivity contribution in [3.8, 4) is 11.5 Å². The topological polar surface area (TPSA) is 35.5 Å². The molecule has 0 aliphatic carbocycles. The summed E-state index contributed by atoms with van der Waals surface area (Å²) >= 11 is 5.58. The van der Waals surface area contributed by atoms with Crippen LogP contribution in [-0.4, -0.2) is 25.9 Å². The van der Waals surface area contributed by atoms with E-state index in [1.54, 1.807) is 32.4 Å². The van der Waals surface area contributed by atoms with Crippen LogP contribution < -0.4 is 9.47 Å². The molecular weight excluding hydrogens is 240 g/mol. The Bertz CT molecular complexity index is 355. The molecule has 0 spiro atoms. The van der Waals surface area contributed by atoms with Gasteiger partial charge in [0, 0.05) is 23.9 Å². The molecule has 0 aliphatic rings. The van der Waals surface area contributed by atoms with Gasteiger partial charge in [-0.2, -0.15) is 0 Å².